The number of carbonyl (C=O) groups excluding carboxylic acids is 2. The molecule has 1 aromatic rings. The maximum Gasteiger partial charge on any atom is 0.264 e. The molecule has 1 amide bonds. The fourth-order valence-electron chi connectivity index (χ4n) is 3.75. The van der Waals surface area contributed by atoms with E-state index in [9.17, 15) is 9.59 Å². The zero-order valence-electron chi connectivity index (χ0n) is 17.1. The van der Waals surface area contributed by atoms with Crippen molar-refractivity contribution in [2.24, 2.45) is 4.99 Å². The molecule has 0 aliphatic carbocycles. The Morgan fingerprint density at radius 3 is 2.53 bits per heavy atom. The predicted octanol–water partition coefficient (Wildman–Crippen LogP) is 2.14. The second kappa shape index (κ2) is 10.2. The van der Waals surface area contributed by atoms with Crippen LogP contribution < -0.4 is 10.2 Å². The summed E-state index contributed by atoms with van der Waals surface area (Å²) < 4.78 is 5.36. The molecule has 3 aliphatic rings. The van der Waals surface area contributed by atoms with E-state index < -0.39 is 0 Å². The maximum atomic E-state index is 12.3. The van der Waals surface area contributed by atoms with Gasteiger partial charge in [-0.25, -0.2) is 0 Å². The highest BCUT2D eigenvalue weighted by Gasteiger charge is 2.23. The number of nitrogens with zero attached hydrogens (tertiary/aromatic N) is 3. The number of piperidine rings is 1. The van der Waals surface area contributed by atoms with Crippen molar-refractivity contribution >= 4 is 40.4 Å². The molecule has 1 N–H and O–H groups in total. The quantitative estimate of drug-likeness (QED) is 0.553. The number of morpholine rings is 1. The Morgan fingerprint density at radius 1 is 1.07 bits per heavy atom. The van der Waals surface area contributed by atoms with Crippen molar-refractivity contribution in [1.29, 1.82) is 0 Å². The number of hydrogen-bond acceptors (Lipinski definition) is 7. The third-order valence-corrected chi connectivity index (χ3v) is 6.47. The molecule has 7 nitrogen and oxygen atoms in total. The van der Waals surface area contributed by atoms with Crippen molar-refractivity contribution in [2.75, 3.05) is 57.4 Å². The van der Waals surface area contributed by atoms with Crippen molar-refractivity contribution < 1.29 is 14.3 Å². The lowest BCUT2D eigenvalue weighted by Crippen LogP contribution is -2.37. The molecule has 3 fully saturated rings. The third kappa shape index (κ3) is 5.71. The molecule has 0 unspecified atom stereocenters. The molecular weight excluding hydrogens is 400 g/mol. The first-order valence-electron chi connectivity index (χ1n) is 10.6. The summed E-state index contributed by atoms with van der Waals surface area (Å²) in [5, 5.41) is 3.55. The first-order chi connectivity index (χ1) is 14.7. The van der Waals surface area contributed by atoms with E-state index in [4.69, 9.17) is 4.74 Å². The minimum atomic E-state index is -0.0921. The highest BCUT2D eigenvalue weighted by Crippen LogP contribution is 2.27. The Balaban J connectivity index is 1.28. The lowest BCUT2D eigenvalue weighted by molar-refractivity contribution is -0.119. The van der Waals surface area contributed by atoms with Gasteiger partial charge in [0.25, 0.3) is 5.91 Å². The van der Waals surface area contributed by atoms with Crippen LogP contribution in [0.15, 0.2) is 34.2 Å². The van der Waals surface area contributed by atoms with Gasteiger partial charge in [0.2, 0.25) is 0 Å². The molecule has 160 valence electrons. The fourth-order valence-corrected chi connectivity index (χ4v) is 4.59. The normalized spacial score (nSPS) is 23.4. The van der Waals surface area contributed by atoms with E-state index in [1.54, 1.807) is 0 Å². The van der Waals surface area contributed by atoms with E-state index in [0.717, 1.165) is 63.6 Å². The number of amides is 1. The van der Waals surface area contributed by atoms with Gasteiger partial charge in [-0.15, -0.1) is 0 Å². The second-order valence-corrected chi connectivity index (χ2v) is 8.71. The zero-order chi connectivity index (χ0) is 20.8. The molecule has 1 aromatic carbocycles. The van der Waals surface area contributed by atoms with Crippen molar-refractivity contribution in [2.45, 2.75) is 19.3 Å². The Morgan fingerprint density at radius 2 is 1.80 bits per heavy atom. The summed E-state index contributed by atoms with van der Waals surface area (Å²) in [6.45, 7) is 6.89. The third-order valence-electron chi connectivity index (χ3n) is 5.52. The van der Waals surface area contributed by atoms with E-state index in [0.29, 0.717) is 35.2 Å². The van der Waals surface area contributed by atoms with Crippen LogP contribution in [0, 0.1) is 0 Å². The Bertz CT molecular complexity index is 821. The lowest BCUT2D eigenvalue weighted by atomic mass is 10.1. The summed E-state index contributed by atoms with van der Waals surface area (Å²) in [5.41, 5.74) is 2.11. The van der Waals surface area contributed by atoms with Crippen LogP contribution in [0.2, 0.25) is 0 Å². The van der Waals surface area contributed by atoms with Crippen molar-refractivity contribution in [3.63, 3.8) is 0 Å². The number of anilines is 1. The number of hydrogen-bond donors (Lipinski definition) is 1. The maximum absolute atomic E-state index is 12.3. The number of amidine groups is 1. The summed E-state index contributed by atoms with van der Waals surface area (Å²) in [5.74, 6) is 0.251. The summed E-state index contributed by atoms with van der Waals surface area (Å²) in [7, 11) is 0. The Kier molecular flexibility index (Phi) is 7.20. The SMILES string of the molecule is O=C1CCN(c2ccc(/C=C3/SC(=NCCCN4CCOCC4)NC3=O)cc2)CC1. The smallest absolute Gasteiger partial charge is 0.264 e. The van der Waals surface area contributed by atoms with Crippen molar-refractivity contribution in [1.82, 2.24) is 10.2 Å². The topological polar surface area (TPSA) is 74.2 Å². The van der Waals surface area contributed by atoms with Gasteiger partial charge in [0.15, 0.2) is 5.17 Å². The number of Topliss-reactive ketones (excluding diaryl/α,β-unsaturated/α-hetero) is 1. The van der Waals surface area contributed by atoms with E-state index in [1.165, 1.54) is 11.8 Å². The second-order valence-electron chi connectivity index (χ2n) is 7.68. The van der Waals surface area contributed by atoms with Crippen LogP contribution in [-0.2, 0) is 14.3 Å². The average Bonchev–Trinajstić information content (AvgIpc) is 3.12. The summed E-state index contributed by atoms with van der Waals surface area (Å²) >= 11 is 1.40. The van der Waals surface area contributed by atoms with Gasteiger partial charge in [-0.05, 0) is 42.0 Å². The summed E-state index contributed by atoms with van der Waals surface area (Å²) in [6, 6.07) is 8.15. The fraction of sp³-hybridized carbons (Fsp3) is 0.500. The molecule has 4 rings (SSSR count). The number of thioether (sulfide) groups is 1. The van der Waals surface area contributed by atoms with Gasteiger partial charge in [-0.3, -0.25) is 19.5 Å². The molecule has 0 bridgehead atoms. The van der Waals surface area contributed by atoms with Crippen LogP contribution in [0.4, 0.5) is 5.69 Å². The molecule has 3 heterocycles. The lowest BCUT2D eigenvalue weighted by Gasteiger charge is -2.28. The number of rotatable bonds is 6. The van der Waals surface area contributed by atoms with Crippen LogP contribution in [-0.4, -0.2) is 74.2 Å². The predicted molar refractivity (Wildman–Crippen MR) is 121 cm³/mol. The highest BCUT2D eigenvalue weighted by atomic mass is 32.2. The molecule has 0 atom stereocenters. The minimum absolute atomic E-state index is 0.0921. The molecule has 0 saturated carbocycles. The largest absolute Gasteiger partial charge is 0.379 e. The monoisotopic (exact) mass is 428 g/mol. The van der Waals surface area contributed by atoms with Gasteiger partial charge < -0.3 is 15.0 Å². The minimum Gasteiger partial charge on any atom is -0.379 e. The van der Waals surface area contributed by atoms with Crippen LogP contribution in [0.25, 0.3) is 6.08 Å². The van der Waals surface area contributed by atoms with Crippen LogP contribution >= 0.6 is 11.8 Å². The standard InChI is InChI=1S/C22H28N4O3S/c27-19-6-10-26(11-7-19)18-4-2-17(3-5-18)16-20-21(28)24-22(30-20)23-8-1-9-25-12-14-29-15-13-25/h2-5,16H,1,6-15H2,(H,23,24,28)/b20-16+. The molecule has 8 heteroatoms. The van der Waals surface area contributed by atoms with E-state index >= 15 is 0 Å². The van der Waals surface area contributed by atoms with Gasteiger partial charge >= 0.3 is 0 Å². The number of benzene rings is 1. The van der Waals surface area contributed by atoms with Crippen molar-refractivity contribution in [3.05, 3.63) is 34.7 Å². The van der Waals surface area contributed by atoms with Gasteiger partial charge in [-0.2, -0.15) is 0 Å². The summed E-state index contributed by atoms with van der Waals surface area (Å²) in [4.78, 5) is 33.5. The van der Waals surface area contributed by atoms with E-state index in [1.807, 2.05) is 18.2 Å². The first-order valence-corrected chi connectivity index (χ1v) is 11.4. The Labute approximate surface area is 181 Å². The first kappa shape index (κ1) is 21.1. The summed E-state index contributed by atoms with van der Waals surface area (Å²) in [6.07, 6.45) is 4.12. The number of ether oxygens (including phenoxy) is 1. The molecule has 0 radical (unpaired) electrons. The van der Waals surface area contributed by atoms with Crippen LogP contribution in [0.1, 0.15) is 24.8 Å². The molecule has 0 aromatic heterocycles. The molecular formula is C22H28N4O3S. The van der Waals surface area contributed by atoms with E-state index in [-0.39, 0.29) is 5.91 Å². The van der Waals surface area contributed by atoms with Gasteiger partial charge in [0.05, 0.1) is 18.1 Å². The van der Waals surface area contributed by atoms with Gasteiger partial charge in [0.1, 0.15) is 5.78 Å². The molecule has 3 aliphatic heterocycles. The molecule has 0 spiro atoms. The molecule has 30 heavy (non-hydrogen) atoms. The number of carbonyl (C=O) groups is 2. The average molecular weight is 429 g/mol. The van der Waals surface area contributed by atoms with Gasteiger partial charge in [-0.1, -0.05) is 12.1 Å². The van der Waals surface area contributed by atoms with Gasteiger partial charge in [0, 0.05) is 57.8 Å². The molecule has 3 saturated heterocycles. The number of nitrogens with one attached hydrogen (secondary N) is 1. The van der Waals surface area contributed by atoms with E-state index in [2.05, 4.69) is 32.2 Å². The number of ketones is 1. The van der Waals surface area contributed by atoms with Crippen LogP contribution in [0.5, 0.6) is 0 Å². The van der Waals surface area contributed by atoms with Crippen LogP contribution in [0.3, 0.4) is 0 Å². The zero-order valence-corrected chi connectivity index (χ0v) is 18.0. The number of aliphatic imine (C=N–C) groups is 1. The Hall–Kier alpha value is -2.16. The van der Waals surface area contributed by atoms with Crippen molar-refractivity contribution in [3.8, 4) is 0 Å². The highest BCUT2D eigenvalue weighted by molar-refractivity contribution is 8.18.